The molecule has 22 heavy (non-hydrogen) atoms. The molecule has 0 aliphatic carbocycles. The van der Waals surface area contributed by atoms with Crippen molar-refractivity contribution in [2.45, 2.75) is 76.5 Å². The quantitative estimate of drug-likeness (QED) is 0.833. The summed E-state index contributed by atoms with van der Waals surface area (Å²) in [5.74, 6) is -0.651. The van der Waals surface area contributed by atoms with Crippen molar-refractivity contribution in [1.29, 1.82) is 0 Å². The van der Waals surface area contributed by atoms with Crippen LogP contribution < -0.4 is 5.32 Å². The van der Waals surface area contributed by atoms with Crippen LogP contribution in [0.1, 0.15) is 41.0 Å². The van der Waals surface area contributed by atoms with Gasteiger partial charge in [0.2, 0.25) is 0 Å². The van der Waals surface area contributed by atoms with E-state index in [1.807, 2.05) is 34.6 Å². The third-order valence-electron chi connectivity index (χ3n) is 3.94. The van der Waals surface area contributed by atoms with E-state index in [1.165, 1.54) is 0 Å². The fourth-order valence-electron chi connectivity index (χ4n) is 3.20. The Bertz CT molecular complexity index is 459. The Morgan fingerprint density at radius 3 is 2.68 bits per heavy atom. The summed E-state index contributed by atoms with van der Waals surface area (Å²) >= 11 is 0. The first-order chi connectivity index (χ1) is 10.1. The summed E-state index contributed by atoms with van der Waals surface area (Å²) in [6.45, 7) is 9.87. The van der Waals surface area contributed by atoms with Crippen LogP contribution in [0, 0.1) is 0 Å². The lowest BCUT2D eigenvalue weighted by molar-refractivity contribution is -0.184. The average molecular weight is 315 g/mol. The highest BCUT2D eigenvalue weighted by Crippen LogP contribution is 2.45. The molecule has 3 fully saturated rings. The maximum absolute atomic E-state index is 11.9. The Morgan fingerprint density at radius 2 is 2.00 bits per heavy atom. The van der Waals surface area contributed by atoms with Crippen LogP contribution in [0.15, 0.2) is 0 Å². The Balaban J connectivity index is 1.67. The van der Waals surface area contributed by atoms with Crippen molar-refractivity contribution in [3.8, 4) is 0 Å². The average Bonchev–Trinajstić information content (AvgIpc) is 2.85. The van der Waals surface area contributed by atoms with Crippen LogP contribution >= 0.6 is 0 Å². The van der Waals surface area contributed by atoms with E-state index in [1.54, 1.807) is 0 Å². The molecule has 3 saturated heterocycles. The number of carbonyl (C=O) groups is 1. The fourth-order valence-corrected chi connectivity index (χ4v) is 3.20. The first-order valence-electron chi connectivity index (χ1n) is 7.71. The summed E-state index contributed by atoms with van der Waals surface area (Å²) < 4.78 is 28.8. The second-order valence-electron chi connectivity index (χ2n) is 7.61. The molecule has 3 aliphatic rings. The van der Waals surface area contributed by atoms with E-state index in [9.17, 15) is 4.79 Å². The molecule has 7 nitrogen and oxygen atoms in total. The minimum absolute atomic E-state index is 0.0864. The molecule has 0 aromatic rings. The Labute approximate surface area is 130 Å². The lowest BCUT2D eigenvalue weighted by atomic mass is 9.90. The maximum Gasteiger partial charge on any atom is 0.407 e. The third kappa shape index (κ3) is 3.08. The number of carbonyl (C=O) groups excluding carboxylic acids is 1. The second-order valence-corrected chi connectivity index (χ2v) is 7.61. The van der Waals surface area contributed by atoms with E-state index in [0.29, 0.717) is 13.0 Å². The summed E-state index contributed by atoms with van der Waals surface area (Å²) in [6.07, 6.45) is -0.497. The lowest BCUT2D eigenvalue weighted by Crippen LogP contribution is -2.59. The van der Waals surface area contributed by atoms with Crippen LogP contribution in [0.25, 0.3) is 0 Å². The lowest BCUT2D eigenvalue weighted by Gasteiger charge is -2.38. The van der Waals surface area contributed by atoms with E-state index >= 15 is 0 Å². The largest absolute Gasteiger partial charge is 0.444 e. The Morgan fingerprint density at radius 1 is 1.27 bits per heavy atom. The van der Waals surface area contributed by atoms with Crippen LogP contribution in [0.3, 0.4) is 0 Å². The number of amides is 1. The van der Waals surface area contributed by atoms with Crippen LogP contribution in [0.2, 0.25) is 0 Å². The molecule has 2 bridgehead atoms. The Hall–Kier alpha value is -0.890. The van der Waals surface area contributed by atoms with E-state index in [0.717, 1.165) is 0 Å². The van der Waals surface area contributed by atoms with Gasteiger partial charge in [0.1, 0.15) is 17.3 Å². The highest BCUT2D eigenvalue weighted by molar-refractivity contribution is 5.67. The number of rotatable bonds is 2. The SMILES string of the molecule is CC(C)(C)OC(=O)NCC12COC(CC3OC(C)(C)OC31)O2. The van der Waals surface area contributed by atoms with Gasteiger partial charge in [-0.05, 0) is 34.6 Å². The van der Waals surface area contributed by atoms with Gasteiger partial charge in [-0.25, -0.2) is 4.79 Å². The van der Waals surface area contributed by atoms with Gasteiger partial charge in [-0.1, -0.05) is 0 Å². The van der Waals surface area contributed by atoms with Crippen molar-refractivity contribution in [1.82, 2.24) is 5.32 Å². The molecule has 4 unspecified atom stereocenters. The summed E-state index contributed by atoms with van der Waals surface area (Å²) in [4.78, 5) is 11.9. The topological polar surface area (TPSA) is 75.3 Å². The predicted octanol–water partition coefficient (Wildman–Crippen LogP) is 1.55. The molecular weight excluding hydrogens is 290 g/mol. The monoisotopic (exact) mass is 315 g/mol. The molecule has 3 heterocycles. The molecule has 126 valence electrons. The molecule has 0 aromatic carbocycles. The molecule has 1 amide bonds. The smallest absolute Gasteiger partial charge is 0.407 e. The summed E-state index contributed by atoms with van der Waals surface area (Å²) in [5.41, 5.74) is -1.26. The fraction of sp³-hybridized carbons (Fsp3) is 0.933. The summed E-state index contributed by atoms with van der Waals surface area (Å²) in [6, 6.07) is 0. The zero-order valence-corrected chi connectivity index (χ0v) is 13.8. The van der Waals surface area contributed by atoms with Gasteiger partial charge in [0.05, 0.1) is 19.3 Å². The normalized spacial score (nSPS) is 39.4. The molecule has 3 aliphatic heterocycles. The van der Waals surface area contributed by atoms with Gasteiger partial charge in [0.15, 0.2) is 12.1 Å². The number of fused-ring (bicyclic) bond motifs is 4. The van der Waals surface area contributed by atoms with Gasteiger partial charge >= 0.3 is 6.09 Å². The van der Waals surface area contributed by atoms with Gasteiger partial charge < -0.3 is 29.0 Å². The highest BCUT2D eigenvalue weighted by Gasteiger charge is 2.61. The molecular formula is C15H25NO6. The maximum atomic E-state index is 11.9. The van der Waals surface area contributed by atoms with E-state index in [4.69, 9.17) is 23.7 Å². The number of alkyl carbamates (subject to hydrolysis) is 1. The molecule has 7 heteroatoms. The molecule has 0 spiro atoms. The minimum Gasteiger partial charge on any atom is -0.444 e. The van der Waals surface area contributed by atoms with Crippen molar-refractivity contribution in [3.05, 3.63) is 0 Å². The van der Waals surface area contributed by atoms with Crippen molar-refractivity contribution in [2.75, 3.05) is 13.2 Å². The standard InChI is InChI=1S/C15H25NO6/c1-13(2,3)22-12(17)16-7-15-8-18-10(20-15)6-9-11(15)21-14(4,5)19-9/h9-11H,6-8H2,1-5H3,(H,16,17). The Kier molecular flexibility index (Phi) is 3.67. The van der Waals surface area contributed by atoms with Crippen LogP contribution in [0.5, 0.6) is 0 Å². The first kappa shape index (κ1) is 16.0. The van der Waals surface area contributed by atoms with Gasteiger partial charge in [0.25, 0.3) is 0 Å². The summed E-state index contributed by atoms with van der Waals surface area (Å²) in [5, 5.41) is 2.77. The second kappa shape index (κ2) is 5.06. The first-order valence-corrected chi connectivity index (χ1v) is 7.71. The molecule has 0 saturated carbocycles. The molecule has 3 rings (SSSR count). The van der Waals surface area contributed by atoms with Crippen molar-refractivity contribution >= 4 is 6.09 Å². The third-order valence-corrected chi connectivity index (χ3v) is 3.94. The van der Waals surface area contributed by atoms with Crippen LogP contribution in [0.4, 0.5) is 4.79 Å². The van der Waals surface area contributed by atoms with E-state index in [2.05, 4.69) is 5.32 Å². The minimum atomic E-state index is -0.724. The number of ether oxygens (including phenoxy) is 5. The zero-order chi connectivity index (χ0) is 16.2. The van der Waals surface area contributed by atoms with Crippen molar-refractivity contribution < 1.29 is 28.5 Å². The van der Waals surface area contributed by atoms with Gasteiger partial charge in [-0.2, -0.15) is 0 Å². The molecule has 0 radical (unpaired) electrons. The highest BCUT2D eigenvalue weighted by atomic mass is 16.8. The van der Waals surface area contributed by atoms with Crippen LogP contribution in [-0.4, -0.2) is 54.7 Å². The van der Waals surface area contributed by atoms with Crippen LogP contribution in [-0.2, 0) is 23.7 Å². The number of hydrogen-bond donors (Lipinski definition) is 1. The molecule has 1 N–H and O–H groups in total. The van der Waals surface area contributed by atoms with Crippen molar-refractivity contribution in [2.24, 2.45) is 0 Å². The van der Waals surface area contributed by atoms with Crippen molar-refractivity contribution in [3.63, 3.8) is 0 Å². The summed E-state index contributed by atoms with van der Waals surface area (Å²) in [7, 11) is 0. The van der Waals surface area contributed by atoms with Gasteiger partial charge in [-0.3, -0.25) is 0 Å². The predicted molar refractivity (Wildman–Crippen MR) is 76.2 cm³/mol. The van der Waals surface area contributed by atoms with E-state index in [-0.39, 0.29) is 25.0 Å². The molecule has 4 atom stereocenters. The van der Waals surface area contributed by atoms with E-state index < -0.39 is 23.1 Å². The molecule has 0 aromatic heterocycles. The van der Waals surface area contributed by atoms with Gasteiger partial charge in [-0.15, -0.1) is 0 Å². The zero-order valence-electron chi connectivity index (χ0n) is 13.8. The van der Waals surface area contributed by atoms with Gasteiger partial charge in [0, 0.05) is 6.42 Å². The number of hydrogen-bond acceptors (Lipinski definition) is 6. The number of nitrogens with one attached hydrogen (secondary N) is 1.